The predicted molar refractivity (Wildman–Crippen MR) is 137 cm³/mol. The number of carbonyl (C=O) groups excluding carboxylic acids is 3. The number of hydrogen-bond donors (Lipinski definition) is 3. The number of alkyl halides is 6. The lowest BCUT2D eigenvalue weighted by Gasteiger charge is -2.19. The second kappa shape index (κ2) is 14.1. The number of aromatic nitrogens is 1. The van der Waals surface area contributed by atoms with Crippen molar-refractivity contribution >= 4 is 40.7 Å². The van der Waals surface area contributed by atoms with Crippen LogP contribution < -0.4 is 21.1 Å². The third-order valence-corrected chi connectivity index (χ3v) is 5.72. The Morgan fingerprint density at radius 1 is 1.15 bits per heavy atom. The van der Waals surface area contributed by atoms with E-state index < -0.39 is 67.8 Å². The molecule has 0 saturated carbocycles. The smallest absolute Gasteiger partial charge is 0.389 e. The quantitative estimate of drug-likeness (QED) is 0.371. The van der Waals surface area contributed by atoms with Gasteiger partial charge in [0.15, 0.2) is 0 Å². The van der Waals surface area contributed by atoms with Crippen molar-refractivity contribution in [1.29, 1.82) is 0 Å². The van der Waals surface area contributed by atoms with Gasteiger partial charge in [0.25, 0.3) is 5.91 Å². The number of nitrogens with zero attached hydrogens (tertiary/aromatic N) is 2. The standard InChI is InChI=1S/C22H21ClF3N5O4.C3H5F3/c1-35-15-4-2-3-13-17(14-6-5-12(23)10-28-14)29-19(21(34)30-18(13)15)31-20(33)11(9-16(27)32)7-8-22(24,25)26;1-2-3(4,5)6/h2-6,10-11,19H,7-9H2,1H3,(H2,27,32)(H,30,34)(H,31,33);2H2,1H3. The second-order valence-corrected chi connectivity index (χ2v) is 9.05. The Hall–Kier alpha value is -3.88. The van der Waals surface area contributed by atoms with E-state index in [1.54, 1.807) is 30.3 Å². The van der Waals surface area contributed by atoms with Gasteiger partial charge in [-0.2, -0.15) is 26.3 Å². The minimum atomic E-state index is -4.54. The molecule has 2 heterocycles. The van der Waals surface area contributed by atoms with Crippen molar-refractivity contribution in [2.45, 2.75) is 51.1 Å². The number of anilines is 1. The van der Waals surface area contributed by atoms with Crippen LogP contribution in [0, 0.1) is 5.92 Å². The molecule has 3 rings (SSSR count). The van der Waals surface area contributed by atoms with Crippen molar-refractivity contribution in [2.75, 3.05) is 12.4 Å². The predicted octanol–water partition coefficient (Wildman–Crippen LogP) is 4.77. The fraction of sp³-hybridized carbons (Fsp3) is 0.400. The molecule has 0 aliphatic carbocycles. The van der Waals surface area contributed by atoms with Crippen molar-refractivity contribution in [3.05, 3.63) is 52.8 Å². The molecular formula is C25H26ClF6N5O4. The number of nitrogens with one attached hydrogen (secondary N) is 2. The minimum absolute atomic E-state index is 0.195. The molecular weight excluding hydrogens is 584 g/mol. The van der Waals surface area contributed by atoms with Crippen LogP contribution in [0.25, 0.3) is 0 Å². The lowest BCUT2D eigenvalue weighted by molar-refractivity contribution is -0.143. The SMILES string of the molecule is CCC(F)(F)F.COc1cccc2c1NC(=O)C(NC(=O)C(CCC(F)(F)F)CC(N)=O)N=C2c1ccc(Cl)cn1. The monoisotopic (exact) mass is 609 g/mol. The van der Waals surface area contributed by atoms with E-state index in [2.05, 4.69) is 20.6 Å². The summed E-state index contributed by atoms with van der Waals surface area (Å²) in [6.07, 6.45) is -12.0. The van der Waals surface area contributed by atoms with E-state index in [-0.39, 0.29) is 11.4 Å². The van der Waals surface area contributed by atoms with E-state index >= 15 is 0 Å². The average Bonchev–Trinajstić information content (AvgIpc) is 3.02. The largest absolute Gasteiger partial charge is 0.495 e. The number of rotatable bonds is 8. The second-order valence-electron chi connectivity index (χ2n) is 8.61. The van der Waals surface area contributed by atoms with E-state index in [1.165, 1.54) is 13.3 Å². The summed E-state index contributed by atoms with van der Waals surface area (Å²) in [5.41, 5.74) is 6.31. The van der Waals surface area contributed by atoms with Crippen LogP contribution in [-0.4, -0.2) is 54.0 Å². The molecule has 0 bridgehead atoms. The van der Waals surface area contributed by atoms with Gasteiger partial charge >= 0.3 is 12.4 Å². The molecule has 1 aliphatic rings. The summed E-state index contributed by atoms with van der Waals surface area (Å²) in [5.74, 6) is -3.81. The molecule has 224 valence electrons. The third-order valence-electron chi connectivity index (χ3n) is 5.50. The number of para-hydroxylation sites is 1. The summed E-state index contributed by atoms with van der Waals surface area (Å²) < 4.78 is 75.8. The molecule has 9 nitrogen and oxygen atoms in total. The van der Waals surface area contributed by atoms with E-state index in [1.807, 2.05) is 0 Å². The number of amides is 3. The molecule has 41 heavy (non-hydrogen) atoms. The third kappa shape index (κ3) is 10.6. The van der Waals surface area contributed by atoms with Crippen molar-refractivity contribution in [2.24, 2.45) is 16.6 Å². The van der Waals surface area contributed by atoms with Crippen LogP contribution in [0.2, 0.25) is 5.02 Å². The lowest BCUT2D eigenvalue weighted by Crippen LogP contribution is -2.45. The van der Waals surface area contributed by atoms with Gasteiger partial charge < -0.3 is 21.1 Å². The van der Waals surface area contributed by atoms with Gasteiger partial charge in [-0.15, -0.1) is 0 Å². The van der Waals surface area contributed by atoms with Gasteiger partial charge in [0.05, 0.1) is 29.2 Å². The number of primary amides is 1. The molecule has 0 fully saturated rings. The maximum absolute atomic E-state index is 13.0. The number of benzodiazepines with no additional fused rings is 1. The number of ether oxygens (including phenoxy) is 1. The van der Waals surface area contributed by atoms with Crippen LogP contribution in [0.4, 0.5) is 32.0 Å². The maximum atomic E-state index is 13.0. The lowest BCUT2D eigenvalue weighted by atomic mass is 9.97. The topological polar surface area (TPSA) is 136 Å². The highest BCUT2D eigenvalue weighted by molar-refractivity contribution is 6.30. The van der Waals surface area contributed by atoms with Crippen molar-refractivity contribution in [3.63, 3.8) is 0 Å². The van der Waals surface area contributed by atoms with E-state index in [0.29, 0.717) is 22.0 Å². The number of pyridine rings is 1. The fourth-order valence-corrected chi connectivity index (χ4v) is 3.57. The Kier molecular flexibility index (Phi) is 11.5. The number of carbonyl (C=O) groups is 3. The first-order valence-electron chi connectivity index (χ1n) is 11.9. The van der Waals surface area contributed by atoms with Gasteiger partial charge in [-0.1, -0.05) is 30.7 Å². The van der Waals surface area contributed by atoms with Gasteiger partial charge in [0.1, 0.15) is 5.75 Å². The van der Waals surface area contributed by atoms with Gasteiger partial charge in [-0.3, -0.25) is 19.4 Å². The summed E-state index contributed by atoms with van der Waals surface area (Å²) in [4.78, 5) is 45.7. The van der Waals surface area contributed by atoms with Crippen LogP contribution >= 0.6 is 11.6 Å². The molecule has 0 saturated heterocycles. The first kappa shape index (κ1) is 33.3. The molecule has 2 atom stereocenters. The van der Waals surface area contributed by atoms with Crippen LogP contribution in [-0.2, 0) is 14.4 Å². The van der Waals surface area contributed by atoms with Crippen molar-refractivity contribution in [1.82, 2.24) is 10.3 Å². The number of benzene rings is 1. The Bertz CT molecular complexity index is 1270. The number of halogens is 7. The van der Waals surface area contributed by atoms with Crippen LogP contribution in [0.15, 0.2) is 41.5 Å². The molecule has 1 aromatic carbocycles. The Morgan fingerprint density at radius 3 is 2.32 bits per heavy atom. The first-order chi connectivity index (χ1) is 19.0. The van der Waals surface area contributed by atoms with Crippen molar-refractivity contribution in [3.8, 4) is 5.75 Å². The fourth-order valence-electron chi connectivity index (χ4n) is 3.45. The number of fused-ring (bicyclic) bond motifs is 1. The average molecular weight is 610 g/mol. The number of hydrogen-bond acceptors (Lipinski definition) is 6. The van der Waals surface area contributed by atoms with Gasteiger partial charge in [-0.25, -0.2) is 4.99 Å². The summed E-state index contributed by atoms with van der Waals surface area (Å²) in [5, 5.41) is 5.30. The van der Waals surface area contributed by atoms with E-state index in [9.17, 15) is 40.7 Å². The number of methoxy groups -OCH3 is 1. The Morgan fingerprint density at radius 2 is 1.80 bits per heavy atom. The number of nitrogens with two attached hydrogens (primary N) is 1. The minimum Gasteiger partial charge on any atom is -0.495 e. The zero-order chi connectivity index (χ0) is 31.0. The summed E-state index contributed by atoms with van der Waals surface area (Å²) in [6, 6.07) is 8.02. The van der Waals surface area contributed by atoms with Crippen LogP contribution in [0.1, 0.15) is 43.9 Å². The summed E-state index contributed by atoms with van der Waals surface area (Å²) in [7, 11) is 1.40. The normalized spacial score (nSPS) is 15.7. The molecule has 2 unspecified atom stereocenters. The molecule has 0 radical (unpaired) electrons. The van der Waals surface area contributed by atoms with E-state index in [0.717, 1.165) is 6.92 Å². The molecule has 0 spiro atoms. The van der Waals surface area contributed by atoms with Crippen LogP contribution in [0.3, 0.4) is 0 Å². The molecule has 16 heteroatoms. The number of aliphatic imine (C=N–C) groups is 1. The molecule has 3 amide bonds. The molecule has 1 aromatic heterocycles. The molecule has 4 N–H and O–H groups in total. The zero-order valence-corrected chi connectivity index (χ0v) is 22.5. The highest BCUT2D eigenvalue weighted by Gasteiger charge is 2.34. The van der Waals surface area contributed by atoms with Gasteiger partial charge in [0.2, 0.25) is 18.0 Å². The highest BCUT2D eigenvalue weighted by atomic mass is 35.5. The Labute approximate surface area is 235 Å². The van der Waals surface area contributed by atoms with Crippen molar-refractivity contribution < 1.29 is 45.5 Å². The van der Waals surface area contributed by atoms with Gasteiger partial charge in [-0.05, 0) is 24.6 Å². The molecule has 1 aliphatic heterocycles. The first-order valence-corrected chi connectivity index (χ1v) is 12.3. The van der Waals surface area contributed by atoms with E-state index in [4.69, 9.17) is 22.1 Å². The summed E-state index contributed by atoms with van der Waals surface area (Å²) >= 11 is 5.93. The Balaban J connectivity index is 0.000000883. The summed E-state index contributed by atoms with van der Waals surface area (Å²) in [6.45, 7) is 1.08. The highest BCUT2D eigenvalue weighted by Crippen LogP contribution is 2.32. The van der Waals surface area contributed by atoms with Gasteiger partial charge in [0, 0.05) is 36.9 Å². The zero-order valence-electron chi connectivity index (χ0n) is 21.7. The molecule has 2 aromatic rings. The van der Waals surface area contributed by atoms with Crippen LogP contribution in [0.5, 0.6) is 5.75 Å². The maximum Gasteiger partial charge on any atom is 0.389 e.